The number of piperidine rings is 1. The summed E-state index contributed by atoms with van der Waals surface area (Å²) in [6, 6.07) is 0. The molecule has 128 valence electrons. The molecule has 8 heteroatoms. The van der Waals surface area contributed by atoms with Gasteiger partial charge in [-0.05, 0) is 12.8 Å². The third-order valence-electron chi connectivity index (χ3n) is 4.69. The van der Waals surface area contributed by atoms with Gasteiger partial charge in [-0.25, -0.2) is 4.79 Å². The maximum Gasteiger partial charge on any atom is 0.409 e. The van der Waals surface area contributed by atoms with Crippen molar-refractivity contribution in [1.82, 2.24) is 24.6 Å². The number of carbonyl (C=O) groups is 1. The number of amides is 1. The standard InChI is InChI=1S/C15H25N5O3/c1-18-13(11-19-6-8-23-9-7-19)16-17-14(18)12-4-3-5-20(10-12)15(21)22-2/h12H,3-11H2,1-2H3/t12-/m1/s1. The van der Waals surface area contributed by atoms with Gasteiger partial charge in [0.15, 0.2) is 0 Å². The molecule has 0 bridgehead atoms. The molecule has 8 nitrogen and oxygen atoms in total. The van der Waals surface area contributed by atoms with Crippen LogP contribution in [0.2, 0.25) is 0 Å². The van der Waals surface area contributed by atoms with Crippen molar-refractivity contribution in [1.29, 1.82) is 0 Å². The maximum atomic E-state index is 11.7. The van der Waals surface area contributed by atoms with Crippen molar-refractivity contribution in [3.05, 3.63) is 11.6 Å². The second kappa shape index (κ2) is 7.27. The largest absolute Gasteiger partial charge is 0.453 e. The Balaban J connectivity index is 1.67. The molecule has 2 saturated heterocycles. The minimum Gasteiger partial charge on any atom is -0.453 e. The third-order valence-corrected chi connectivity index (χ3v) is 4.69. The normalized spacial score (nSPS) is 23.0. The van der Waals surface area contributed by atoms with Crippen molar-refractivity contribution in [2.45, 2.75) is 25.3 Å². The highest BCUT2D eigenvalue weighted by atomic mass is 16.5. The first-order chi connectivity index (χ1) is 11.2. The van der Waals surface area contributed by atoms with Gasteiger partial charge in [0.1, 0.15) is 11.6 Å². The van der Waals surface area contributed by atoms with Crippen LogP contribution >= 0.6 is 0 Å². The molecule has 2 aliphatic rings. The van der Waals surface area contributed by atoms with E-state index in [1.807, 2.05) is 7.05 Å². The number of rotatable bonds is 3. The number of methoxy groups -OCH3 is 1. The molecule has 1 aromatic heterocycles. The van der Waals surface area contributed by atoms with Crippen molar-refractivity contribution in [3.8, 4) is 0 Å². The van der Waals surface area contributed by atoms with Crippen molar-refractivity contribution in [3.63, 3.8) is 0 Å². The molecular formula is C15H25N5O3. The molecular weight excluding hydrogens is 298 g/mol. The Kier molecular flexibility index (Phi) is 5.12. The Morgan fingerprint density at radius 3 is 2.83 bits per heavy atom. The van der Waals surface area contributed by atoms with E-state index in [-0.39, 0.29) is 12.0 Å². The quantitative estimate of drug-likeness (QED) is 0.811. The highest BCUT2D eigenvalue weighted by Crippen LogP contribution is 2.26. The van der Waals surface area contributed by atoms with Crippen molar-refractivity contribution < 1.29 is 14.3 Å². The Morgan fingerprint density at radius 1 is 1.30 bits per heavy atom. The van der Waals surface area contributed by atoms with Crippen molar-refractivity contribution in [2.75, 3.05) is 46.5 Å². The lowest BCUT2D eigenvalue weighted by atomic mass is 9.97. The number of carbonyl (C=O) groups excluding carboxylic acids is 1. The summed E-state index contributed by atoms with van der Waals surface area (Å²) >= 11 is 0. The molecule has 1 atom stereocenters. The van der Waals surface area contributed by atoms with Crippen LogP contribution in [0.5, 0.6) is 0 Å². The van der Waals surface area contributed by atoms with Gasteiger partial charge in [0.25, 0.3) is 0 Å². The zero-order chi connectivity index (χ0) is 16.2. The SMILES string of the molecule is COC(=O)N1CCC[C@@H](c2nnc(CN3CCOCC3)n2C)C1. The fourth-order valence-corrected chi connectivity index (χ4v) is 3.31. The zero-order valence-corrected chi connectivity index (χ0v) is 13.9. The average Bonchev–Trinajstić information content (AvgIpc) is 2.96. The summed E-state index contributed by atoms with van der Waals surface area (Å²) < 4.78 is 12.3. The monoisotopic (exact) mass is 323 g/mol. The highest BCUT2D eigenvalue weighted by molar-refractivity contribution is 5.67. The molecule has 0 aromatic carbocycles. The summed E-state index contributed by atoms with van der Waals surface area (Å²) in [6.45, 7) is 5.62. The minimum atomic E-state index is -0.259. The molecule has 0 saturated carbocycles. The molecule has 2 aliphatic heterocycles. The summed E-state index contributed by atoms with van der Waals surface area (Å²) in [7, 11) is 3.44. The van der Waals surface area contributed by atoms with E-state index in [1.165, 1.54) is 7.11 Å². The number of likely N-dealkylation sites (tertiary alicyclic amines) is 1. The zero-order valence-electron chi connectivity index (χ0n) is 13.9. The summed E-state index contributed by atoms with van der Waals surface area (Å²) in [5, 5.41) is 8.77. The van der Waals surface area contributed by atoms with Gasteiger partial charge in [-0.3, -0.25) is 4.90 Å². The number of nitrogens with zero attached hydrogens (tertiary/aromatic N) is 5. The number of aromatic nitrogens is 3. The molecule has 2 fully saturated rings. The summed E-state index contributed by atoms with van der Waals surface area (Å²) in [5.74, 6) is 2.15. The van der Waals surface area contributed by atoms with Crippen molar-refractivity contribution in [2.24, 2.45) is 7.05 Å². The molecule has 3 heterocycles. The summed E-state index contributed by atoms with van der Waals surface area (Å²) in [5.41, 5.74) is 0. The molecule has 23 heavy (non-hydrogen) atoms. The average molecular weight is 323 g/mol. The molecule has 0 radical (unpaired) electrons. The van der Waals surface area contributed by atoms with Gasteiger partial charge in [0, 0.05) is 39.1 Å². The van der Waals surface area contributed by atoms with E-state index in [0.29, 0.717) is 6.54 Å². The Labute approximate surface area is 136 Å². The summed E-state index contributed by atoms with van der Waals surface area (Å²) in [4.78, 5) is 15.8. The number of morpholine rings is 1. The smallest absolute Gasteiger partial charge is 0.409 e. The Hall–Kier alpha value is -1.67. The van der Waals surface area contributed by atoms with Crippen LogP contribution in [0, 0.1) is 0 Å². The van der Waals surface area contributed by atoms with Crippen LogP contribution in [0.15, 0.2) is 0 Å². The van der Waals surface area contributed by atoms with E-state index in [4.69, 9.17) is 9.47 Å². The van der Waals surface area contributed by atoms with Gasteiger partial charge in [0.2, 0.25) is 0 Å². The minimum absolute atomic E-state index is 0.221. The van der Waals surface area contributed by atoms with Crippen LogP contribution < -0.4 is 0 Å². The second-order valence-corrected chi connectivity index (χ2v) is 6.18. The molecule has 3 rings (SSSR count). The number of hydrogen-bond donors (Lipinski definition) is 0. The van der Waals surface area contributed by atoms with Crippen LogP contribution in [0.1, 0.15) is 30.4 Å². The first-order valence-electron chi connectivity index (χ1n) is 8.20. The maximum absolute atomic E-state index is 11.7. The fraction of sp³-hybridized carbons (Fsp3) is 0.800. The molecule has 0 unspecified atom stereocenters. The predicted molar refractivity (Wildman–Crippen MR) is 83.1 cm³/mol. The van der Waals surface area contributed by atoms with E-state index < -0.39 is 0 Å². The van der Waals surface area contributed by atoms with Crippen LogP contribution in [0.3, 0.4) is 0 Å². The number of hydrogen-bond acceptors (Lipinski definition) is 6. The van der Waals surface area contributed by atoms with Crippen LogP contribution in [-0.4, -0.2) is 77.2 Å². The first-order valence-corrected chi connectivity index (χ1v) is 8.20. The van der Waals surface area contributed by atoms with E-state index in [1.54, 1.807) is 4.90 Å². The van der Waals surface area contributed by atoms with Crippen LogP contribution in [0.4, 0.5) is 4.79 Å². The molecule has 0 aliphatic carbocycles. The molecule has 0 N–H and O–H groups in total. The van der Waals surface area contributed by atoms with Gasteiger partial charge < -0.3 is 18.9 Å². The highest BCUT2D eigenvalue weighted by Gasteiger charge is 2.29. The molecule has 1 amide bonds. The van der Waals surface area contributed by atoms with E-state index >= 15 is 0 Å². The summed E-state index contributed by atoms with van der Waals surface area (Å²) in [6.07, 6.45) is 1.73. The second-order valence-electron chi connectivity index (χ2n) is 6.18. The lowest BCUT2D eigenvalue weighted by molar-refractivity contribution is 0.0326. The van der Waals surface area contributed by atoms with Gasteiger partial charge in [-0.1, -0.05) is 0 Å². The Bertz CT molecular complexity index is 541. The van der Waals surface area contributed by atoms with Gasteiger partial charge in [0.05, 0.1) is 26.9 Å². The Morgan fingerprint density at radius 2 is 2.09 bits per heavy atom. The van der Waals surface area contributed by atoms with Crippen molar-refractivity contribution >= 4 is 6.09 Å². The fourth-order valence-electron chi connectivity index (χ4n) is 3.31. The molecule has 0 spiro atoms. The van der Waals surface area contributed by atoms with E-state index in [0.717, 1.165) is 63.9 Å². The lowest BCUT2D eigenvalue weighted by Crippen LogP contribution is -2.39. The lowest BCUT2D eigenvalue weighted by Gasteiger charge is -2.31. The molecule has 1 aromatic rings. The van der Waals surface area contributed by atoms with E-state index in [9.17, 15) is 4.79 Å². The van der Waals surface area contributed by atoms with Gasteiger partial charge >= 0.3 is 6.09 Å². The first kappa shape index (κ1) is 16.2. The number of ether oxygens (including phenoxy) is 2. The third kappa shape index (κ3) is 3.64. The van der Waals surface area contributed by atoms with Crippen LogP contribution in [0.25, 0.3) is 0 Å². The van der Waals surface area contributed by atoms with Gasteiger partial charge in [-0.2, -0.15) is 0 Å². The van der Waals surface area contributed by atoms with E-state index in [2.05, 4.69) is 19.7 Å². The van der Waals surface area contributed by atoms with Gasteiger partial charge in [-0.15, -0.1) is 10.2 Å². The predicted octanol–water partition coefficient (Wildman–Crippen LogP) is 0.593. The van der Waals surface area contributed by atoms with Crippen LogP contribution in [-0.2, 0) is 23.1 Å². The topological polar surface area (TPSA) is 72.7 Å².